The fraction of sp³-hybridized carbons (Fsp3) is 0.625. The van der Waals surface area contributed by atoms with Gasteiger partial charge in [0.2, 0.25) is 0 Å². The topological polar surface area (TPSA) is 43.0 Å². The zero-order valence-corrected chi connectivity index (χ0v) is 13.0. The van der Waals surface area contributed by atoms with Crippen molar-refractivity contribution in [3.05, 3.63) is 17.7 Å². The van der Waals surface area contributed by atoms with E-state index in [1.54, 1.807) is 21.3 Å². The molecule has 2 atom stereocenters. The highest BCUT2D eigenvalue weighted by Gasteiger charge is 2.36. The molecular formula is C16H24N2O3. The molecule has 2 fully saturated rings. The molecule has 1 aromatic rings. The molecule has 0 saturated carbocycles. The van der Waals surface area contributed by atoms with Gasteiger partial charge in [-0.15, -0.1) is 0 Å². The Bertz CT molecular complexity index is 495. The summed E-state index contributed by atoms with van der Waals surface area (Å²) < 4.78 is 16.3. The molecule has 21 heavy (non-hydrogen) atoms. The van der Waals surface area contributed by atoms with Crippen molar-refractivity contribution >= 4 is 0 Å². The molecule has 0 amide bonds. The Morgan fingerprint density at radius 2 is 1.52 bits per heavy atom. The Morgan fingerprint density at radius 3 is 2.10 bits per heavy atom. The SMILES string of the molecule is COc1cc(OC)c(OC)cc1CN1CC2CNCC2C1. The fourth-order valence-corrected chi connectivity index (χ4v) is 3.54. The third-order valence-corrected chi connectivity index (χ3v) is 4.65. The van der Waals surface area contributed by atoms with Crippen LogP contribution in [0.25, 0.3) is 0 Å². The molecule has 1 N–H and O–H groups in total. The molecule has 0 aliphatic carbocycles. The van der Waals surface area contributed by atoms with E-state index in [1.807, 2.05) is 12.1 Å². The molecule has 0 radical (unpaired) electrons. The molecule has 0 aromatic heterocycles. The minimum absolute atomic E-state index is 0.709. The summed E-state index contributed by atoms with van der Waals surface area (Å²) in [4.78, 5) is 2.51. The van der Waals surface area contributed by atoms with Crippen LogP contribution in [0.4, 0.5) is 0 Å². The van der Waals surface area contributed by atoms with Crippen molar-refractivity contribution in [3.8, 4) is 17.2 Å². The Hall–Kier alpha value is -1.46. The van der Waals surface area contributed by atoms with Crippen LogP contribution >= 0.6 is 0 Å². The molecule has 2 heterocycles. The van der Waals surface area contributed by atoms with Crippen molar-refractivity contribution in [1.82, 2.24) is 10.2 Å². The van der Waals surface area contributed by atoms with Gasteiger partial charge in [-0.3, -0.25) is 4.90 Å². The minimum atomic E-state index is 0.709. The predicted molar refractivity (Wildman–Crippen MR) is 81.2 cm³/mol. The number of fused-ring (bicyclic) bond motifs is 1. The Kier molecular flexibility index (Phi) is 4.22. The van der Waals surface area contributed by atoms with Gasteiger partial charge in [-0.2, -0.15) is 0 Å². The number of nitrogens with zero attached hydrogens (tertiary/aromatic N) is 1. The van der Waals surface area contributed by atoms with E-state index in [0.717, 1.165) is 61.6 Å². The highest BCUT2D eigenvalue weighted by molar-refractivity contribution is 5.50. The average Bonchev–Trinajstić information content (AvgIpc) is 3.07. The molecule has 2 unspecified atom stereocenters. The van der Waals surface area contributed by atoms with E-state index in [2.05, 4.69) is 10.2 Å². The Labute approximate surface area is 126 Å². The maximum absolute atomic E-state index is 5.52. The van der Waals surface area contributed by atoms with Crippen molar-refractivity contribution in [2.75, 3.05) is 47.5 Å². The Balaban J connectivity index is 1.78. The van der Waals surface area contributed by atoms with E-state index in [0.29, 0.717) is 5.75 Å². The van der Waals surface area contributed by atoms with E-state index in [1.165, 1.54) is 0 Å². The lowest BCUT2D eigenvalue weighted by molar-refractivity contribution is 0.295. The van der Waals surface area contributed by atoms with Gasteiger partial charge in [0.25, 0.3) is 0 Å². The first kappa shape index (κ1) is 14.5. The number of likely N-dealkylation sites (tertiary alicyclic amines) is 1. The lowest BCUT2D eigenvalue weighted by Gasteiger charge is -2.20. The fourth-order valence-electron chi connectivity index (χ4n) is 3.54. The van der Waals surface area contributed by atoms with E-state index in [4.69, 9.17) is 14.2 Å². The normalized spacial score (nSPS) is 24.9. The van der Waals surface area contributed by atoms with Gasteiger partial charge in [0, 0.05) is 31.3 Å². The van der Waals surface area contributed by atoms with Gasteiger partial charge >= 0.3 is 0 Å². The van der Waals surface area contributed by atoms with Crippen LogP contribution < -0.4 is 19.5 Å². The van der Waals surface area contributed by atoms with Crippen LogP contribution in [-0.2, 0) is 6.54 Å². The van der Waals surface area contributed by atoms with Crippen molar-refractivity contribution in [2.45, 2.75) is 6.54 Å². The van der Waals surface area contributed by atoms with Crippen molar-refractivity contribution < 1.29 is 14.2 Å². The van der Waals surface area contributed by atoms with Crippen molar-refractivity contribution in [1.29, 1.82) is 0 Å². The molecule has 2 aliphatic heterocycles. The highest BCUT2D eigenvalue weighted by atomic mass is 16.5. The maximum atomic E-state index is 5.52. The maximum Gasteiger partial charge on any atom is 0.164 e. The van der Waals surface area contributed by atoms with Crippen LogP contribution in [0.2, 0.25) is 0 Å². The molecule has 2 aliphatic rings. The minimum Gasteiger partial charge on any atom is -0.496 e. The van der Waals surface area contributed by atoms with Gasteiger partial charge in [-0.1, -0.05) is 0 Å². The summed E-state index contributed by atoms with van der Waals surface area (Å²) in [7, 11) is 5.01. The number of hydrogen-bond acceptors (Lipinski definition) is 5. The standard InChI is InChI=1S/C16H24N2O3/c1-19-14-5-16(21-3)15(20-2)4-11(14)8-18-9-12-6-17-7-13(12)10-18/h4-5,12-13,17H,6-10H2,1-3H3. The van der Waals surface area contributed by atoms with Gasteiger partial charge in [0.05, 0.1) is 21.3 Å². The van der Waals surface area contributed by atoms with Crippen molar-refractivity contribution in [2.24, 2.45) is 11.8 Å². The molecule has 5 heteroatoms. The van der Waals surface area contributed by atoms with Crippen LogP contribution in [0.1, 0.15) is 5.56 Å². The summed E-state index contributed by atoms with van der Waals surface area (Å²) in [5, 5.41) is 3.48. The van der Waals surface area contributed by atoms with Crippen LogP contribution in [0.3, 0.4) is 0 Å². The van der Waals surface area contributed by atoms with Gasteiger partial charge in [-0.25, -0.2) is 0 Å². The first-order valence-corrected chi connectivity index (χ1v) is 7.47. The zero-order chi connectivity index (χ0) is 14.8. The number of nitrogens with one attached hydrogen (secondary N) is 1. The van der Waals surface area contributed by atoms with Gasteiger partial charge in [0.15, 0.2) is 11.5 Å². The summed E-state index contributed by atoms with van der Waals surface area (Å²) in [5.41, 5.74) is 1.16. The van der Waals surface area contributed by atoms with E-state index in [-0.39, 0.29) is 0 Å². The highest BCUT2D eigenvalue weighted by Crippen LogP contribution is 2.36. The third-order valence-electron chi connectivity index (χ3n) is 4.65. The second kappa shape index (κ2) is 6.12. The summed E-state index contributed by atoms with van der Waals surface area (Å²) >= 11 is 0. The Morgan fingerprint density at radius 1 is 0.952 bits per heavy atom. The first-order chi connectivity index (χ1) is 10.2. The predicted octanol–water partition coefficient (Wildman–Crippen LogP) is 1.36. The average molecular weight is 292 g/mol. The second-order valence-electron chi connectivity index (χ2n) is 5.89. The number of methoxy groups -OCH3 is 3. The lowest BCUT2D eigenvalue weighted by Crippen LogP contribution is -2.25. The van der Waals surface area contributed by atoms with E-state index in [9.17, 15) is 0 Å². The molecule has 5 nitrogen and oxygen atoms in total. The molecule has 3 rings (SSSR count). The largest absolute Gasteiger partial charge is 0.496 e. The van der Waals surface area contributed by atoms with Gasteiger partial charge < -0.3 is 19.5 Å². The van der Waals surface area contributed by atoms with Gasteiger partial charge in [0.1, 0.15) is 5.75 Å². The van der Waals surface area contributed by atoms with E-state index >= 15 is 0 Å². The number of benzene rings is 1. The molecule has 1 aromatic carbocycles. The number of hydrogen-bond donors (Lipinski definition) is 1. The molecular weight excluding hydrogens is 268 g/mol. The van der Waals surface area contributed by atoms with E-state index < -0.39 is 0 Å². The quantitative estimate of drug-likeness (QED) is 0.888. The first-order valence-electron chi connectivity index (χ1n) is 7.47. The molecule has 116 valence electrons. The summed E-state index contributed by atoms with van der Waals surface area (Å²) in [6.07, 6.45) is 0. The third kappa shape index (κ3) is 2.80. The van der Waals surface area contributed by atoms with Gasteiger partial charge in [-0.05, 0) is 31.0 Å². The van der Waals surface area contributed by atoms with Crippen molar-refractivity contribution in [3.63, 3.8) is 0 Å². The number of rotatable bonds is 5. The van der Waals surface area contributed by atoms with Crippen LogP contribution in [0, 0.1) is 11.8 Å². The number of ether oxygens (including phenoxy) is 3. The molecule has 0 spiro atoms. The summed E-state index contributed by atoms with van der Waals surface area (Å²) in [6.45, 7) is 5.54. The summed E-state index contributed by atoms with van der Waals surface area (Å²) in [5.74, 6) is 3.94. The monoisotopic (exact) mass is 292 g/mol. The second-order valence-corrected chi connectivity index (χ2v) is 5.89. The smallest absolute Gasteiger partial charge is 0.164 e. The zero-order valence-electron chi connectivity index (χ0n) is 13.0. The summed E-state index contributed by atoms with van der Waals surface area (Å²) in [6, 6.07) is 3.94. The molecule has 0 bridgehead atoms. The lowest BCUT2D eigenvalue weighted by atomic mass is 10.0. The van der Waals surface area contributed by atoms with Crippen LogP contribution in [-0.4, -0.2) is 52.4 Å². The molecule has 2 saturated heterocycles. The van der Waals surface area contributed by atoms with Crippen LogP contribution in [0.15, 0.2) is 12.1 Å². The van der Waals surface area contributed by atoms with Crippen LogP contribution in [0.5, 0.6) is 17.2 Å².